The molecule has 100 valence electrons. The number of anilines is 1. The maximum Gasteiger partial charge on any atom is 0.258 e. The number of H-pyrrole nitrogens is 1. The summed E-state index contributed by atoms with van der Waals surface area (Å²) in [5.74, 6) is -0.482. The van der Waals surface area contributed by atoms with Crippen LogP contribution in [-0.4, -0.2) is 15.9 Å². The molecule has 0 saturated carbocycles. The molecule has 0 bridgehead atoms. The number of hydrogen-bond acceptors (Lipinski definition) is 2. The van der Waals surface area contributed by atoms with E-state index in [0.717, 1.165) is 11.0 Å². The highest BCUT2D eigenvalue weighted by atomic mass is 19.1. The van der Waals surface area contributed by atoms with Crippen LogP contribution in [0.15, 0.2) is 42.5 Å². The van der Waals surface area contributed by atoms with Crippen molar-refractivity contribution in [3.8, 4) is 0 Å². The Morgan fingerprint density at radius 2 is 2.05 bits per heavy atom. The number of aromatic amines is 1. The first-order chi connectivity index (χ1) is 9.61. The molecular formula is C15H12FN3O. The summed E-state index contributed by atoms with van der Waals surface area (Å²) in [7, 11) is 0. The number of halogens is 1. The summed E-state index contributed by atoms with van der Waals surface area (Å²) in [6.07, 6.45) is 0. The number of rotatable bonds is 2. The molecule has 0 saturated heterocycles. The molecule has 20 heavy (non-hydrogen) atoms. The Balaban J connectivity index is 1.88. The largest absolute Gasteiger partial charge is 0.324 e. The summed E-state index contributed by atoms with van der Waals surface area (Å²) < 4.78 is 13.3. The molecule has 4 nitrogen and oxygen atoms in total. The van der Waals surface area contributed by atoms with Gasteiger partial charge in [-0.05, 0) is 42.8 Å². The molecule has 0 aliphatic heterocycles. The smallest absolute Gasteiger partial charge is 0.258 e. The molecule has 2 aromatic carbocycles. The normalized spacial score (nSPS) is 10.7. The molecule has 2 N–H and O–H groups in total. The summed E-state index contributed by atoms with van der Waals surface area (Å²) in [4.78, 5) is 19.3. The number of imidazole rings is 1. The van der Waals surface area contributed by atoms with Crippen LogP contribution in [0.25, 0.3) is 11.0 Å². The number of nitrogens with zero attached hydrogens (tertiary/aromatic N) is 1. The van der Waals surface area contributed by atoms with Crippen LogP contribution in [-0.2, 0) is 0 Å². The van der Waals surface area contributed by atoms with Crippen molar-refractivity contribution in [1.82, 2.24) is 9.97 Å². The van der Waals surface area contributed by atoms with Crippen molar-refractivity contribution in [2.24, 2.45) is 0 Å². The van der Waals surface area contributed by atoms with Crippen LogP contribution in [0.3, 0.4) is 0 Å². The second kappa shape index (κ2) is 4.77. The molecule has 1 aromatic heterocycles. The van der Waals surface area contributed by atoms with Crippen molar-refractivity contribution >= 4 is 22.9 Å². The van der Waals surface area contributed by atoms with E-state index < -0.39 is 11.7 Å². The third-order valence-corrected chi connectivity index (χ3v) is 2.93. The Labute approximate surface area is 114 Å². The minimum absolute atomic E-state index is 0.267. The molecule has 1 amide bonds. The lowest BCUT2D eigenvalue weighted by Gasteiger charge is -2.03. The number of aromatic nitrogens is 2. The van der Waals surface area contributed by atoms with Gasteiger partial charge < -0.3 is 4.98 Å². The second-order valence-corrected chi connectivity index (χ2v) is 4.57. The predicted molar refractivity (Wildman–Crippen MR) is 75.2 cm³/mol. The van der Waals surface area contributed by atoms with Gasteiger partial charge in [-0.2, -0.15) is 0 Å². The Kier molecular flexibility index (Phi) is 2.95. The van der Waals surface area contributed by atoms with E-state index in [0.29, 0.717) is 11.5 Å². The number of para-hydroxylation sites is 2. The number of amides is 1. The lowest BCUT2D eigenvalue weighted by atomic mass is 10.1. The van der Waals surface area contributed by atoms with Gasteiger partial charge >= 0.3 is 0 Å². The monoisotopic (exact) mass is 269 g/mol. The third-order valence-electron chi connectivity index (χ3n) is 2.93. The molecule has 3 rings (SSSR count). The molecule has 0 fully saturated rings. The Hall–Kier alpha value is -2.69. The molecule has 0 radical (unpaired) electrons. The van der Waals surface area contributed by atoms with Crippen LogP contribution in [0, 0.1) is 12.7 Å². The first-order valence-corrected chi connectivity index (χ1v) is 6.15. The van der Waals surface area contributed by atoms with Crippen LogP contribution in [0.2, 0.25) is 0 Å². The second-order valence-electron chi connectivity index (χ2n) is 4.57. The van der Waals surface area contributed by atoms with Crippen molar-refractivity contribution in [2.45, 2.75) is 6.92 Å². The van der Waals surface area contributed by atoms with Crippen molar-refractivity contribution in [1.29, 1.82) is 0 Å². The van der Waals surface area contributed by atoms with Crippen molar-refractivity contribution in [3.05, 3.63) is 59.4 Å². The molecule has 0 aliphatic carbocycles. The van der Waals surface area contributed by atoms with Crippen LogP contribution >= 0.6 is 0 Å². The highest BCUT2D eigenvalue weighted by Gasteiger charge is 2.10. The zero-order valence-corrected chi connectivity index (χ0v) is 10.8. The summed E-state index contributed by atoms with van der Waals surface area (Å²) in [5, 5.41) is 2.63. The number of carbonyl (C=O) groups is 1. The number of nitrogens with one attached hydrogen (secondary N) is 2. The fraction of sp³-hybridized carbons (Fsp3) is 0.0667. The first-order valence-electron chi connectivity index (χ1n) is 6.15. The predicted octanol–water partition coefficient (Wildman–Crippen LogP) is 3.26. The molecule has 1 heterocycles. The van der Waals surface area contributed by atoms with Gasteiger partial charge in [-0.15, -0.1) is 0 Å². The molecule has 0 aliphatic rings. The van der Waals surface area contributed by atoms with Crippen molar-refractivity contribution in [2.75, 3.05) is 5.32 Å². The van der Waals surface area contributed by atoms with Crippen molar-refractivity contribution in [3.63, 3.8) is 0 Å². The Morgan fingerprint density at radius 1 is 1.25 bits per heavy atom. The van der Waals surface area contributed by atoms with Gasteiger partial charge in [-0.1, -0.05) is 12.1 Å². The first kappa shape index (κ1) is 12.3. The number of fused-ring (bicyclic) bond motifs is 1. The molecule has 0 unspecified atom stereocenters. The van der Waals surface area contributed by atoms with Crippen molar-refractivity contribution < 1.29 is 9.18 Å². The highest BCUT2D eigenvalue weighted by Crippen LogP contribution is 2.15. The van der Waals surface area contributed by atoms with Crippen LogP contribution < -0.4 is 5.32 Å². The fourth-order valence-electron chi connectivity index (χ4n) is 2.06. The lowest BCUT2D eigenvalue weighted by Crippen LogP contribution is -2.13. The van der Waals surface area contributed by atoms with E-state index in [1.54, 1.807) is 13.0 Å². The summed E-state index contributed by atoms with van der Waals surface area (Å²) in [5.41, 5.74) is 2.55. The Bertz CT molecular complexity index is 741. The SMILES string of the molecule is Cc1cc(F)cc(C(=O)Nc2nc3ccccc3[nH]2)c1. The van der Waals surface area contributed by atoms with E-state index in [-0.39, 0.29) is 5.56 Å². The van der Waals surface area contributed by atoms with E-state index in [4.69, 9.17) is 0 Å². The summed E-state index contributed by atoms with van der Waals surface area (Å²) in [6.45, 7) is 1.74. The summed E-state index contributed by atoms with van der Waals surface area (Å²) in [6, 6.07) is 11.6. The zero-order valence-electron chi connectivity index (χ0n) is 10.8. The molecule has 3 aromatic rings. The van der Waals surface area contributed by atoms with Crippen LogP contribution in [0.4, 0.5) is 10.3 Å². The van der Waals surface area contributed by atoms with Crippen LogP contribution in [0.5, 0.6) is 0 Å². The topological polar surface area (TPSA) is 57.8 Å². The number of benzene rings is 2. The third kappa shape index (κ3) is 2.38. The molecule has 0 spiro atoms. The van der Waals surface area contributed by atoms with E-state index in [9.17, 15) is 9.18 Å². The quantitative estimate of drug-likeness (QED) is 0.750. The van der Waals surface area contributed by atoms with Gasteiger partial charge in [0, 0.05) is 5.56 Å². The van der Waals surface area contributed by atoms with Gasteiger partial charge in [0.1, 0.15) is 5.82 Å². The highest BCUT2D eigenvalue weighted by molar-refractivity contribution is 6.04. The number of carbonyl (C=O) groups excluding carboxylic acids is 1. The number of aryl methyl sites for hydroxylation is 1. The van der Waals surface area contributed by atoms with Gasteiger partial charge in [0.05, 0.1) is 11.0 Å². The minimum Gasteiger partial charge on any atom is -0.324 e. The maximum atomic E-state index is 13.3. The van der Waals surface area contributed by atoms with E-state index in [2.05, 4.69) is 15.3 Å². The van der Waals surface area contributed by atoms with Crippen LogP contribution in [0.1, 0.15) is 15.9 Å². The molecule has 5 heteroatoms. The van der Waals surface area contributed by atoms with Gasteiger partial charge in [-0.3, -0.25) is 10.1 Å². The standard InChI is InChI=1S/C15H12FN3O/c1-9-6-10(8-11(16)7-9)14(20)19-15-17-12-4-2-3-5-13(12)18-15/h2-8H,1H3,(H2,17,18,19,20). The van der Waals surface area contributed by atoms with E-state index in [1.165, 1.54) is 12.1 Å². The van der Waals surface area contributed by atoms with Gasteiger partial charge in [-0.25, -0.2) is 9.37 Å². The van der Waals surface area contributed by atoms with Gasteiger partial charge in [0.15, 0.2) is 0 Å². The molecule has 0 atom stereocenters. The maximum absolute atomic E-state index is 13.3. The number of hydrogen-bond donors (Lipinski definition) is 2. The average molecular weight is 269 g/mol. The van der Waals surface area contributed by atoms with E-state index in [1.807, 2.05) is 24.3 Å². The zero-order chi connectivity index (χ0) is 14.1. The van der Waals surface area contributed by atoms with Gasteiger partial charge in [0.2, 0.25) is 5.95 Å². The fourth-order valence-corrected chi connectivity index (χ4v) is 2.06. The Morgan fingerprint density at radius 3 is 2.80 bits per heavy atom. The van der Waals surface area contributed by atoms with E-state index >= 15 is 0 Å². The average Bonchev–Trinajstić information content (AvgIpc) is 2.79. The molecular weight excluding hydrogens is 257 g/mol. The lowest BCUT2D eigenvalue weighted by molar-refractivity contribution is 0.102. The summed E-state index contributed by atoms with van der Waals surface area (Å²) >= 11 is 0. The van der Waals surface area contributed by atoms with Gasteiger partial charge in [0.25, 0.3) is 5.91 Å². The minimum atomic E-state index is -0.431.